The molecule has 0 saturated carbocycles. The van der Waals surface area contributed by atoms with E-state index in [9.17, 15) is 0 Å². The van der Waals surface area contributed by atoms with Crippen LogP contribution in [0.4, 0.5) is 11.5 Å². The maximum Gasteiger partial charge on any atom is 0.129 e. The molecule has 0 unspecified atom stereocenters. The van der Waals surface area contributed by atoms with Crippen molar-refractivity contribution in [2.24, 2.45) is 0 Å². The summed E-state index contributed by atoms with van der Waals surface area (Å²) in [6.45, 7) is 2.78. The van der Waals surface area contributed by atoms with Crippen molar-refractivity contribution in [1.82, 2.24) is 4.98 Å². The minimum absolute atomic E-state index is 0.746. The Morgan fingerprint density at radius 1 is 1.29 bits per heavy atom. The summed E-state index contributed by atoms with van der Waals surface area (Å²) >= 11 is 3.40. The van der Waals surface area contributed by atoms with E-state index >= 15 is 0 Å². The van der Waals surface area contributed by atoms with Crippen molar-refractivity contribution < 1.29 is 0 Å². The average molecular weight is 292 g/mol. The number of hydrogen-bond acceptors (Lipinski definition) is 3. The number of nitrogens with two attached hydrogens (primary N) is 1. The number of aromatic nitrogens is 1. The van der Waals surface area contributed by atoms with E-state index in [0.717, 1.165) is 28.1 Å². The summed E-state index contributed by atoms with van der Waals surface area (Å²) < 4.78 is 0.994. The number of anilines is 2. The Labute approximate surface area is 109 Å². The lowest BCUT2D eigenvalue weighted by Gasteiger charge is -2.08. The van der Waals surface area contributed by atoms with Gasteiger partial charge in [-0.3, -0.25) is 0 Å². The van der Waals surface area contributed by atoms with Gasteiger partial charge in [0.1, 0.15) is 5.82 Å². The van der Waals surface area contributed by atoms with Gasteiger partial charge in [-0.2, -0.15) is 0 Å². The van der Waals surface area contributed by atoms with Gasteiger partial charge in [0.15, 0.2) is 0 Å². The highest BCUT2D eigenvalue weighted by Crippen LogP contribution is 2.17. The van der Waals surface area contributed by atoms with Crippen molar-refractivity contribution >= 4 is 27.4 Å². The first-order chi connectivity index (χ1) is 8.15. The zero-order chi connectivity index (χ0) is 12.3. The summed E-state index contributed by atoms with van der Waals surface area (Å²) in [5, 5.41) is 3.30. The predicted octanol–water partition coefficient (Wildman–Crippen LogP) is 3.35. The number of benzene rings is 1. The number of rotatable bonds is 3. The fourth-order valence-corrected chi connectivity index (χ4v) is 1.99. The van der Waals surface area contributed by atoms with Crippen molar-refractivity contribution in [2.45, 2.75) is 13.5 Å². The van der Waals surface area contributed by atoms with Gasteiger partial charge in [0.05, 0.1) is 0 Å². The van der Waals surface area contributed by atoms with Gasteiger partial charge in [-0.1, -0.05) is 12.1 Å². The van der Waals surface area contributed by atoms with Crippen LogP contribution in [0.25, 0.3) is 0 Å². The van der Waals surface area contributed by atoms with Crippen LogP contribution in [0.15, 0.2) is 41.0 Å². The fourth-order valence-electron chi connectivity index (χ4n) is 1.55. The number of nitrogens with one attached hydrogen (secondary N) is 1. The van der Waals surface area contributed by atoms with E-state index < -0.39 is 0 Å². The average Bonchev–Trinajstić information content (AvgIpc) is 2.30. The number of pyridine rings is 1. The van der Waals surface area contributed by atoms with E-state index in [2.05, 4.69) is 26.2 Å². The molecule has 4 heteroatoms. The summed E-state index contributed by atoms with van der Waals surface area (Å²) in [7, 11) is 0. The third kappa shape index (κ3) is 3.20. The molecule has 0 bridgehead atoms. The Morgan fingerprint density at radius 3 is 2.65 bits per heavy atom. The third-order valence-electron chi connectivity index (χ3n) is 2.48. The van der Waals surface area contributed by atoms with Gasteiger partial charge in [-0.15, -0.1) is 0 Å². The smallest absolute Gasteiger partial charge is 0.129 e. The molecular weight excluding hydrogens is 278 g/mol. The van der Waals surface area contributed by atoms with Gasteiger partial charge < -0.3 is 11.1 Å². The van der Waals surface area contributed by atoms with Crippen LogP contribution in [0.2, 0.25) is 0 Å². The molecule has 1 heterocycles. The molecule has 1 aromatic heterocycles. The topological polar surface area (TPSA) is 50.9 Å². The SMILES string of the molecule is Cc1cc(Br)cnc1NCc1ccc(N)cc1. The zero-order valence-electron chi connectivity index (χ0n) is 9.57. The molecular formula is C13H14BrN3. The molecule has 0 amide bonds. The Bertz CT molecular complexity index is 509. The lowest BCUT2D eigenvalue weighted by atomic mass is 10.2. The number of hydrogen-bond donors (Lipinski definition) is 2. The molecule has 3 nitrogen and oxygen atoms in total. The van der Waals surface area contributed by atoms with Gasteiger partial charge in [0.2, 0.25) is 0 Å². The Morgan fingerprint density at radius 2 is 2.00 bits per heavy atom. The van der Waals surface area contributed by atoms with Crippen molar-refractivity contribution in [3.8, 4) is 0 Å². The van der Waals surface area contributed by atoms with Crippen LogP contribution in [-0.4, -0.2) is 4.98 Å². The standard InChI is InChI=1S/C13H14BrN3/c1-9-6-11(14)8-17-13(9)16-7-10-2-4-12(15)5-3-10/h2-6,8H,7,15H2,1H3,(H,16,17). The van der Waals surface area contributed by atoms with E-state index in [1.165, 1.54) is 5.56 Å². The van der Waals surface area contributed by atoms with Crippen LogP contribution in [0.5, 0.6) is 0 Å². The number of nitrogen functional groups attached to an aromatic ring is 1. The maximum absolute atomic E-state index is 5.64. The Kier molecular flexibility index (Phi) is 3.64. The van der Waals surface area contributed by atoms with Crippen LogP contribution in [0.3, 0.4) is 0 Å². The molecule has 0 saturated heterocycles. The summed E-state index contributed by atoms with van der Waals surface area (Å²) in [5.41, 5.74) is 8.72. The van der Waals surface area contributed by atoms with Gasteiger partial charge >= 0.3 is 0 Å². The van der Waals surface area contributed by atoms with Crippen LogP contribution in [0.1, 0.15) is 11.1 Å². The first-order valence-electron chi connectivity index (χ1n) is 5.35. The molecule has 0 atom stereocenters. The number of nitrogens with zero attached hydrogens (tertiary/aromatic N) is 1. The van der Waals surface area contributed by atoms with E-state index in [4.69, 9.17) is 5.73 Å². The highest BCUT2D eigenvalue weighted by atomic mass is 79.9. The van der Waals surface area contributed by atoms with Gasteiger partial charge in [-0.05, 0) is 52.2 Å². The monoisotopic (exact) mass is 291 g/mol. The molecule has 0 radical (unpaired) electrons. The molecule has 2 rings (SSSR count). The molecule has 0 aliphatic heterocycles. The first-order valence-corrected chi connectivity index (χ1v) is 6.15. The summed E-state index contributed by atoms with van der Waals surface area (Å²) in [6, 6.07) is 9.86. The van der Waals surface area contributed by atoms with Crippen molar-refractivity contribution in [1.29, 1.82) is 0 Å². The second kappa shape index (κ2) is 5.19. The molecule has 2 aromatic rings. The molecule has 0 spiro atoms. The Hall–Kier alpha value is -1.55. The minimum Gasteiger partial charge on any atom is -0.399 e. The van der Waals surface area contributed by atoms with E-state index in [-0.39, 0.29) is 0 Å². The largest absolute Gasteiger partial charge is 0.399 e. The summed E-state index contributed by atoms with van der Waals surface area (Å²) in [6.07, 6.45) is 1.79. The van der Waals surface area contributed by atoms with Crippen molar-refractivity contribution in [3.63, 3.8) is 0 Å². The molecule has 0 aliphatic carbocycles. The minimum atomic E-state index is 0.746. The molecule has 0 aliphatic rings. The van der Waals surface area contributed by atoms with E-state index in [0.29, 0.717) is 0 Å². The highest BCUT2D eigenvalue weighted by Gasteiger charge is 2.00. The van der Waals surface area contributed by atoms with Gasteiger partial charge in [0.25, 0.3) is 0 Å². The second-order valence-electron chi connectivity index (χ2n) is 3.91. The van der Waals surface area contributed by atoms with Crippen molar-refractivity contribution in [2.75, 3.05) is 11.1 Å². The summed E-state index contributed by atoms with van der Waals surface area (Å²) in [4.78, 5) is 4.33. The molecule has 17 heavy (non-hydrogen) atoms. The van der Waals surface area contributed by atoms with Crippen LogP contribution in [0, 0.1) is 6.92 Å². The molecule has 3 N–H and O–H groups in total. The summed E-state index contributed by atoms with van der Waals surface area (Å²) in [5.74, 6) is 0.907. The lowest BCUT2D eigenvalue weighted by molar-refractivity contribution is 1.09. The molecule has 0 fully saturated rings. The number of halogens is 1. The van der Waals surface area contributed by atoms with Crippen LogP contribution < -0.4 is 11.1 Å². The number of aryl methyl sites for hydroxylation is 1. The van der Waals surface area contributed by atoms with E-state index in [1.54, 1.807) is 6.20 Å². The zero-order valence-corrected chi connectivity index (χ0v) is 11.2. The van der Waals surface area contributed by atoms with Crippen LogP contribution in [-0.2, 0) is 6.54 Å². The highest BCUT2D eigenvalue weighted by molar-refractivity contribution is 9.10. The predicted molar refractivity (Wildman–Crippen MR) is 74.9 cm³/mol. The normalized spacial score (nSPS) is 10.2. The quantitative estimate of drug-likeness (QED) is 0.853. The maximum atomic E-state index is 5.64. The van der Waals surface area contributed by atoms with E-state index in [1.807, 2.05) is 37.3 Å². The fraction of sp³-hybridized carbons (Fsp3) is 0.154. The van der Waals surface area contributed by atoms with Crippen molar-refractivity contribution in [3.05, 3.63) is 52.1 Å². The first kappa shape index (κ1) is 11.9. The lowest BCUT2D eigenvalue weighted by Crippen LogP contribution is -2.03. The molecule has 88 valence electrons. The molecule has 1 aromatic carbocycles. The van der Waals surface area contributed by atoms with Crippen LogP contribution >= 0.6 is 15.9 Å². The van der Waals surface area contributed by atoms with Gasteiger partial charge in [-0.25, -0.2) is 4.98 Å². The van der Waals surface area contributed by atoms with Gasteiger partial charge in [0, 0.05) is 22.9 Å². The Balaban J connectivity index is 2.04. The second-order valence-corrected chi connectivity index (χ2v) is 4.83. The third-order valence-corrected chi connectivity index (χ3v) is 2.92.